The van der Waals surface area contributed by atoms with Gasteiger partial charge < -0.3 is 15.0 Å². The summed E-state index contributed by atoms with van der Waals surface area (Å²) in [5.74, 6) is 1.06. The molecular formula is C15H15F2N3O. The van der Waals surface area contributed by atoms with E-state index in [4.69, 9.17) is 0 Å². The fraction of sp³-hybridized carbons (Fsp3) is 0.267. The smallest absolute Gasteiger partial charge is 0.387 e. The molecular weight excluding hydrogens is 276 g/mol. The van der Waals surface area contributed by atoms with Gasteiger partial charge >= 0.3 is 6.61 Å². The van der Waals surface area contributed by atoms with E-state index in [2.05, 4.69) is 19.9 Å². The Morgan fingerprint density at radius 2 is 2.10 bits per heavy atom. The third kappa shape index (κ3) is 2.89. The molecule has 0 bridgehead atoms. The average Bonchev–Trinajstić information content (AvgIpc) is 2.90. The highest BCUT2D eigenvalue weighted by Gasteiger charge is 2.25. The van der Waals surface area contributed by atoms with Gasteiger partial charge in [0.1, 0.15) is 11.6 Å². The van der Waals surface area contributed by atoms with E-state index in [1.54, 1.807) is 24.3 Å². The van der Waals surface area contributed by atoms with Crippen LogP contribution in [0, 0.1) is 0 Å². The van der Waals surface area contributed by atoms with Crippen molar-refractivity contribution < 1.29 is 13.5 Å². The molecule has 1 atom stereocenters. The summed E-state index contributed by atoms with van der Waals surface area (Å²) in [4.78, 5) is 6.72. The van der Waals surface area contributed by atoms with E-state index >= 15 is 0 Å². The lowest BCUT2D eigenvalue weighted by Gasteiger charge is -2.18. The molecule has 3 rings (SSSR count). The van der Waals surface area contributed by atoms with Crippen LogP contribution in [0.3, 0.4) is 0 Å². The Bertz CT molecular complexity index is 608. The number of hydrogen-bond donors (Lipinski definition) is 1. The zero-order valence-electron chi connectivity index (χ0n) is 11.5. The zero-order chi connectivity index (χ0) is 14.8. The van der Waals surface area contributed by atoms with Gasteiger partial charge in [-0.3, -0.25) is 4.99 Å². The fourth-order valence-electron chi connectivity index (χ4n) is 2.38. The Balaban J connectivity index is 1.76. The summed E-state index contributed by atoms with van der Waals surface area (Å²) in [6.45, 7) is -2.05. The van der Waals surface area contributed by atoms with Crippen LogP contribution >= 0.6 is 0 Å². The molecule has 0 saturated heterocycles. The van der Waals surface area contributed by atoms with Crippen molar-refractivity contribution in [2.45, 2.75) is 12.7 Å². The summed E-state index contributed by atoms with van der Waals surface area (Å²) >= 11 is 0. The van der Waals surface area contributed by atoms with Crippen LogP contribution in [0.2, 0.25) is 0 Å². The molecule has 110 valence electrons. The van der Waals surface area contributed by atoms with Crippen molar-refractivity contribution >= 4 is 5.84 Å². The first-order valence-corrected chi connectivity index (χ1v) is 6.62. The van der Waals surface area contributed by atoms with E-state index in [0.717, 1.165) is 23.6 Å². The van der Waals surface area contributed by atoms with E-state index in [1.807, 2.05) is 25.4 Å². The SMILES string of the molecule is CNC1=CC2=NC(c3ccc(OC(F)F)cc3)CN2C=C1. The van der Waals surface area contributed by atoms with Gasteiger partial charge in [-0.25, -0.2) is 0 Å². The average molecular weight is 291 g/mol. The van der Waals surface area contributed by atoms with Crippen LogP contribution in [0.1, 0.15) is 11.6 Å². The summed E-state index contributed by atoms with van der Waals surface area (Å²) in [6, 6.07) is 6.64. The number of amidine groups is 1. The van der Waals surface area contributed by atoms with Gasteiger partial charge in [0.25, 0.3) is 0 Å². The van der Waals surface area contributed by atoms with Crippen LogP contribution < -0.4 is 10.1 Å². The Kier molecular flexibility index (Phi) is 3.60. The van der Waals surface area contributed by atoms with E-state index in [-0.39, 0.29) is 11.8 Å². The number of ether oxygens (including phenoxy) is 1. The summed E-state index contributed by atoms with van der Waals surface area (Å²) in [7, 11) is 1.86. The fourth-order valence-corrected chi connectivity index (χ4v) is 2.38. The molecule has 1 unspecified atom stereocenters. The largest absolute Gasteiger partial charge is 0.435 e. The molecule has 0 amide bonds. The second-order valence-electron chi connectivity index (χ2n) is 4.77. The number of benzene rings is 1. The maximum Gasteiger partial charge on any atom is 0.387 e. The predicted molar refractivity (Wildman–Crippen MR) is 76.2 cm³/mol. The first-order valence-electron chi connectivity index (χ1n) is 6.62. The minimum absolute atomic E-state index is 0.00212. The highest BCUT2D eigenvalue weighted by molar-refractivity contribution is 5.97. The van der Waals surface area contributed by atoms with E-state index in [9.17, 15) is 8.78 Å². The normalized spacial score (nSPS) is 20.2. The van der Waals surface area contributed by atoms with Gasteiger partial charge in [-0.1, -0.05) is 12.1 Å². The van der Waals surface area contributed by atoms with Crippen molar-refractivity contribution in [3.05, 3.63) is 53.9 Å². The minimum Gasteiger partial charge on any atom is -0.435 e. The molecule has 4 nitrogen and oxygen atoms in total. The van der Waals surface area contributed by atoms with Crippen LogP contribution in [0.4, 0.5) is 8.78 Å². The number of rotatable bonds is 4. The molecule has 1 aromatic carbocycles. The van der Waals surface area contributed by atoms with Gasteiger partial charge in [0, 0.05) is 25.0 Å². The Morgan fingerprint density at radius 3 is 2.76 bits per heavy atom. The molecule has 2 aliphatic heterocycles. The maximum absolute atomic E-state index is 12.1. The summed E-state index contributed by atoms with van der Waals surface area (Å²) < 4.78 is 28.6. The number of hydrogen-bond acceptors (Lipinski definition) is 4. The van der Waals surface area contributed by atoms with Crippen molar-refractivity contribution in [3.63, 3.8) is 0 Å². The summed E-state index contributed by atoms with van der Waals surface area (Å²) in [6.07, 6.45) is 5.95. The van der Waals surface area contributed by atoms with Crippen LogP contribution in [-0.2, 0) is 0 Å². The number of likely N-dealkylation sites (N-methyl/N-ethyl adjacent to an activating group) is 1. The van der Waals surface area contributed by atoms with Crippen molar-refractivity contribution in [2.24, 2.45) is 4.99 Å². The Hall–Kier alpha value is -2.37. The molecule has 0 spiro atoms. The number of halogens is 2. The van der Waals surface area contributed by atoms with Gasteiger partial charge in [-0.15, -0.1) is 0 Å². The molecule has 0 saturated carbocycles. The molecule has 6 heteroatoms. The molecule has 0 aliphatic carbocycles. The van der Waals surface area contributed by atoms with Gasteiger partial charge in [0.2, 0.25) is 0 Å². The van der Waals surface area contributed by atoms with Crippen LogP contribution in [0.15, 0.2) is 53.3 Å². The summed E-state index contributed by atoms with van der Waals surface area (Å²) in [5.41, 5.74) is 1.98. The summed E-state index contributed by atoms with van der Waals surface area (Å²) in [5, 5.41) is 3.08. The lowest BCUT2D eigenvalue weighted by Crippen LogP contribution is -2.25. The molecule has 1 aromatic rings. The molecule has 0 fully saturated rings. The van der Waals surface area contributed by atoms with Gasteiger partial charge in [-0.05, 0) is 23.8 Å². The zero-order valence-corrected chi connectivity index (χ0v) is 11.5. The second kappa shape index (κ2) is 5.55. The predicted octanol–water partition coefficient (Wildman–Crippen LogP) is 2.67. The van der Waals surface area contributed by atoms with Gasteiger partial charge in [0.05, 0.1) is 12.6 Å². The van der Waals surface area contributed by atoms with Crippen LogP contribution in [-0.4, -0.2) is 30.9 Å². The number of allylic oxidation sites excluding steroid dienone is 1. The molecule has 2 aliphatic rings. The van der Waals surface area contributed by atoms with Crippen molar-refractivity contribution in [1.82, 2.24) is 10.2 Å². The van der Waals surface area contributed by atoms with Crippen molar-refractivity contribution in [3.8, 4) is 5.75 Å². The quantitative estimate of drug-likeness (QED) is 0.926. The van der Waals surface area contributed by atoms with Gasteiger partial charge in [-0.2, -0.15) is 8.78 Å². The van der Waals surface area contributed by atoms with Crippen LogP contribution in [0.5, 0.6) is 5.75 Å². The lowest BCUT2D eigenvalue weighted by atomic mass is 10.1. The third-order valence-corrected chi connectivity index (χ3v) is 3.45. The standard InChI is InChI=1S/C15H15F2N3O/c1-18-11-6-7-20-9-13(19-14(20)8-11)10-2-4-12(5-3-10)21-15(16)17/h2-8,13,15,18H,9H2,1H3. The molecule has 1 N–H and O–H groups in total. The maximum atomic E-state index is 12.1. The number of nitrogens with zero attached hydrogens (tertiary/aromatic N) is 2. The lowest BCUT2D eigenvalue weighted by molar-refractivity contribution is -0.0498. The molecule has 0 radical (unpaired) electrons. The van der Waals surface area contributed by atoms with E-state index in [1.165, 1.54) is 0 Å². The minimum atomic E-state index is -2.80. The second-order valence-corrected chi connectivity index (χ2v) is 4.77. The molecule has 0 aromatic heterocycles. The number of alkyl halides is 2. The van der Waals surface area contributed by atoms with Gasteiger partial charge in [0.15, 0.2) is 0 Å². The van der Waals surface area contributed by atoms with E-state index in [0.29, 0.717) is 0 Å². The van der Waals surface area contributed by atoms with Crippen LogP contribution in [0.25, 0.3) is 0 Å². The Morgan fingerprint density at radius 1 is 1.33 bits per heavy atom. The first kappa shape index (κ1) is 13.6. The monoisotopic (exact) mass is 291 g/mol. The van der Waals surface area contributed by atoms with Crippen molar-refractivity contribution in [2.75, 3.05) is 13.6 Å². The number of fused-ring (bicyclic) bond motifs is 1. The number of nitrogens with one attached hydrogen (secondary N) is 1. The highest BCUT2D eigenvalue weighted by atomic mass is 19.3. The van der Waals surface area contributed by atoms with Crippen molar-refractivity contribution in [1.29, 1.82) is 0 Å². The highest BCUT2D eigenvalue weighted by Crippen LogP contribution is 2.28. The Labute approximate surface area is 121 Å². The molecule has 21 heavy (non-hydrogen) atoms. The number of aliphatic imine (C=N–C) groups is 1. The third-order valence-electron chi connectivity index (χ3n) is 3.45. The topological polar surface area (TPSA) is 36.9 Å². The molecule has 2 heterocycles. The first-order chi connectivity index (χ1) is 10.2. The van der Waals surface area contributed by atoms with E-state index < -0.39 is 6.61 Å².